The number of aliphatic hydroxyl groups is 1. The van der Waals surface area contributed by atoms with Crippen molar-refractivity contribution in [3.8, 4) is 5.75 Å². The van der Waals surface area contributed by atoms with Gasteiger partial charge in [-0.1, -0.05) is 6.58 Å². The molecule has 38 heavy (non-hydrogen) atoms. The monoisotopic (exact) mass is 568 g/mol. The highest BCUT2D eigenvalue weighted by Crippen LogP contribution is 2.30. The van der Waals surface area contributed by atoms with E-state index in [1.54, 1.807) is 18.4 Å². The summed E-state index contributed by atoms with van der Waals surface area (Å²) in [5.41, 5.74) is 3.14. The number of hydrogen-bond donors (Lipinski definition) is 2. The first-order valence-corrected chi connectivity index (χ1v) is 13.3. The van der Waals surface area contributed by atoms with Crippen molar-refractivity contribution in [2.45, 2.75) is 13.8 Å². The molecule has 2 N–H and O–H groups in total. The van der Waals surface area contributed by atoms with Crippen LogP contribution in [0.5, 0.6) is 5.75 Å². The minimum Gasteiger partial charge on any atom is -0.726 e. The van der Waals surface area contributed by atoms with Gasteiger partial charge in [-0.25, -0.2) is 17.8 Å². The summed E-state index contributed by atoms with van der Waals surface area (Å²) in [5.74, 6) is -0.100. The molecule has 1 heterocycles. The number of fused-ring (bicyclic) bond motifs is 1. The first-order chi connectivity index (χ1) is 17.9. The molecule has 2 aromatic carbocycles. The molecule has 12 nitrogen and oxygen atoms in total. The summed E-state index contributed by atoms with van der Waals surface area (Å²) in [7, 11) is 0.0447. The Hall–Kier alpha value is -3.43. The minimum absolute atomic E-state index is 0.141. The Bertz CT molecular complexity index is 1330. The van der Waals surface area contributed by atoms with Gasteiger partial charge in [-0.15, -0.1) is 0 Å². The van der Waals surface area contributed by atoms with E-state index in [9.17, 15) is 17.8 Å². The lowest BCUT2D eigenvalue weighted by atomic mass is 10.2. The van der Waals surface area contributed by atoms with E-state index in [2.05, 4.69) is 32.8 Å². The molecule has 0 spiro atoms. The Morgan fingerprint density at radius 2 is 1.76 bits per heavy atom. The number of carboxylic acids is 1. The van der Waals surface area contributed by atoms with Gasteiger partial charge in [0.25, 0.3) is 0 Å². The summed E-state index contributed by atoms with van der Waals surface area (Å²) in [5, 5.41) is 26.6. The maximum absolute atomic E-state index is 9.60. The predicted octanol–water partition coefficient (Wildman–Crippen LogP) is 3.71. The number of carboxylic acid groups (broad SMARTS) is 1. The van der Waals surface area contributed by atoms with Crippen LogP contribution in [0.1, 0.15) is 13.8 Å². The highest BCUT2D eigenvalue weighted by atomic mass is 32.3. The minimum atomic E-state index is -4.41. The van der Waals surface area contributed by atoms with Crippen molar-refractivity contribution < 1.29 is 41.5 Å². The third kappa shape index (κ3) is 10.9. The van der Waals surface area contributed by atoms with E-state index in [0.29, 0.717) is 6.54 Å². The lowest BCUT2D eigenvalue weighted by Crippen LogP contribution is -2.25. The molecule has 0 aliphatic heterocycles. The Morgan fingerprint density at radius 1 is 1.18 bits per heavy atom. The van der Waals surface area contributed by atoms with Crippen LogP contribution in [0.15, 0.2) is 64.8 Å². The molecule has 0 amide bonds. The molecule has 14 heteroatoms. The van der Waals surface area contributed by atoms with Crippen molar-refractivity contribution in [3.05, 3.63) is 54.6 Å². The second-order valence-corrected chi connectivity index (χ2v) is 9.62. The molecular weight excluding hydrogens is 536 g/mol. The van der Waals surface area contributed by atoms with Crippen molar-refractivity contribution in [3.63, 3.8) is 0 Å². The zero-order valence-electron chi connectivity index (χ0n) is 21.8. The van der Waals surface area contributed by atoms with Crippen molar-refractivity contribution >= 4 is 54.4 Å². The predicted molar refractivity (Wildman–Crippen MR) is 144 cm³/mol. The molecule has 0 aliphatic rings. The topological polar surface area (TPSA) is 165 Å². The van der Waals surface area contributed by atoms with Crippen LogP contribution in [0.25, 0.3) is 10.2 Å². The van der Waals surface area contributed by atoms with E-state index in [1.807, 2.05) is 54.1 Å². The van der Waals surface area contributed by atoms with E-state index in [1.165, 1.54) is 6.92 Å². The molecule has 1 aromatic heterocycles. The van der Waals surface area contributed by atoms with Gasteiger partial charge in [0.2, 0.25) is 10.4 Å². The highest BCUT2D eigenvalue weighted by molar-refractivity contribution is 7.80. The molecule has 3 aromatic rings. The number of benzene rings is 2. The molecule has 0 bridgehead atoms. The van der Waals surface area contributed by atoms with E-state index in [-0.39, 0.29) is 12.2 Å². The lowest BCUT2D eigenvalue weighted by molar-refractivity contribution is -0.627. The van der Waals surface area contributed by atoms with Crippen molar-refractivity contribution in [1.82, 2.24) is 0 Å². The van der Waals surface area contributed by atoms with Crippen molar-refractivity contribution in [1.29, 1.82) is 0 Å². The van der Waals surface area contributed by atoms with Crippen molar-refractivity contribution in [2.24, 2.45) is 17.3 Å². The number of azo groups is 1. The SMILES string of the molecule is C=C(C)C(=O)O.CCN(CCO)c1ccc(N=Nc2sc3cc(OC)ccc3[n+]2C)cc1.COS(=O)(=O)[O-]. The number of carbonyl (C=O) groups is 1. The van der Waals surface area contributed by atoms with Gasteiger partial charge in [-0.2, -0.15) is 0 Å². The number of rotatable bonds is 9. The highest BCUT2D eigenvalue weighted by Gasteiger charge is 2.16. The first kappa shape index (κ1) is 32.6. The number of hydrogen-bond acceptors (Lipinski definition) is 11. The Balaban J connectivity index is 0.000000503. The summed E-state index contributed by atoms with van der Waals surface area (Å²) >= 11 is 1.58. The molecule has 0 atom stereocenters. The number of likely N-dealkylation sites (N-methyl/N-ethyl adjacent to an activating group) is 1. The third-order valence-corrected chi connectivity index (χ3v) is 6.30. The second-order valence-electron chi connectivity index (χ2n) is 7.46. The summed E-state index contributed by atoms with van der Waals surface area (Å²) in [4.78, 5) is 11.7. The molecule has 0 fully saturated rings. The van der Waals surface area contributed by atoms with Crippen LogP contribution in [0, 0.1) is 0 Å². The van der Waals surface area contributed by atoms with E-state index < -0.39 is 16.4 Å². The molecule has 0 saturated heterocycles. The Labute approximate surface area is 226 Å². The van der Waals surface area contributed by atoms with Gasteiger partial charge in [0.1, 0.15) is 17.0 Å². The molecular formula is C24H32N4O8S2. The van der Waals surface area contributed by atoms with E-state index >= 15 is 0 Å². The second kappa shape index (κ2) is 15.7. The quantitative estimate of drug-likeness (QED) is 0.129. The van der Waals surface area contributed by atoms with E-state index in [4.69, 9.17) is 14.9 Å². The fraction of sp³-hybridized carbons (Fsp3) is 0.333. The summed E-state index contributed by atoms with van der Waals surface area (Å²) in [6.07, 6.45) is 0. The average Bonchev–Trinajstić information content (AvgIpc) is 3.21. The normalized spacial score (nSPS) is 10.8. The molecule has 0 saturated carbocycles. The van der Waals surface area contributed by atoms with Gasteiger partial charge in [0, 0.05) is 30.4 Å². The molecule has 0 radical (unpaired) electrons. The van der Waals surface area contributed by atoms with Gasteiger partial charge >= 0.3 is 11.1 Å². The molecule has 3 rings (SSSR count). The standard InChI is InChI=1S/C19H23N4O2S.C4H6O2.CH4O4S/c1-4-23(11-12-24)15-7-5-14(6-8-15)20-21-19-22(2)17-10-9-16(25-3)13-18(17)26-19;1-3(2)4(5)6;1-5-6(2,3)4/h5-10,13,24H,4,11-12H2,1-3H3;1H2,2H3,(H,5,6);1H3,(H,2,3,4)/q+1;;/p-1. The van der Waals surface area contributed by atoms with Gasteiger partial charge in [0.05, 0.1) is 37.7 Å². The van der Waals surface area contributed by atoms with Crippen molar-refractivity contribution in [2.75, 3.05) is 38.8 Å². The maximum atomic E-state index is 9.60. The number of anilines is 1. The Kier molecular flexibility index (Phi) is 13.5. The average molecular weight is 569 g/mol. The molecule has 208 valence electrons. The lowest BCUT2D eigenvalue weighted by Gasteiger charge is -2.21. The number of ether oxygens (including phenoxy) is 1. The van der Waals surface area contributed by atoms with Gasteiger partial charge in [-0.3, -0.25) is 4.18 Å². The van der Waals surface area contributed by atoms with Crippen LogP contribution in [0.2, 0.25) is 0 Å². The molecule has 0 unspecified atom stereocenters. The molecule has 0 aliphatic carbocycles. The fourth-order valence-electron chi connectivity index (χ4n) is 2.76. The fourth-order valence-corrected chi connectivity index (χ4v) is 3.76. The van der Waals surface area contributed by atoms with Crippen LogP contribution in [0.4, 0.5) is 16.5 Å². The zero-order chi connectivity index (χ0) is 28.9. The number of nitrogens with zero attached hydrogens (tertiary/aromatic N) is 4. The van der Waals surface area contributed by atoms with Gasteiger partial charge in [-0.05, 0) is 66.7 Å². The summed E-state index contributed by atoms with van der Waals surface area (Å²) < 4.78 is 39.4. The van der Waals surface area contributed by atoms with Gasteiger partial charge < -0.3 is 24.4 Å². The van der Waals surface area contributed by atoms with Crippen LogP contribution in [0.3, 0.4) is 0 Å². The number of aromatic nitrogens is 1. The number of aliphatic hydroxyl groups excluding tert-OH is 1. The summed E-state index contributed by atoms with van der Waals surface area (Å²) in [6, 6.07) is 13.9. The Morgan fingerprint density at radius 3 is 2.21 bits per heavy atom. The third-order valence-electron chi connectivity index (χ3n) is 4.80. The van der Waals surface area contributed by atoms with Gasteiger partial charge in [0.15, 0.2) is 0 Å². The number of thiazole rings is 1. The number of aliphatic carboxylic acids is 1. The van der Waals surface area contributed by atoms with Crippen LogP contribution < -0.4 is 14.2 Å². The first-order valence-electron chi connectivity index (χ1n) is 11.1. The van der Waals surface area contributed by atoms with Crippen LogP contribution in [-0.2, 0) is 26.4 Å². The van der Waals surface area contributed by atoms with Crippen LogP contribution in [-0.4, -0.2) is 63.1 Å². The maximum Gasteiger partial charge on any atom is 0.409 e. The van der Waals surface area contributed by atoms with Crippen LogP contribution >= 0.6 is 11.3 Å². The summed E-state index contributed by atoms with van der Waals surface area (Å²) in [6.45, 7) is 8.29. The zero-order valence-corrected chi connectivity index (χ0v) is 23.5. The smallest absolute Gasteiger partial charge is 0.409 e. The number of aryl methyl sites for hydroxylation is 1. The van der Waals surface area contributed by atoms with E-state index in [0.717, 1.165) is 46.1 Å². The number of methoxy groups -OCH3 is 1. The largest absolute Gasteiger partial charge is 0.726 e.